The fourth-order valence-corrected chi connectivity index (χ4v) is 2.50. The lowest BCUT2D eigenvalue weighted by molar-refractivity contribution is -0.136. The topological polar surface area (TPSA) is 77.8 Å². The molecular weight excluding hydrogens is 369 g/mol. The molecule has 1 amide bonds. The Bertz CT molecular complexity index is 1060. The number of hydrogen-bond acceptors (Lipinski definition) is 4. The lowest BCUT2D eigenvalue weighted by Gasteiger charge is -2.14. The van der Waals surface area contributed by atoms with Gasteiger partial charge in [0.2, 0.25) is 0 Å². The molecule has 140 valence electrons. The van der Waals surface area contributed by atoms with Crippen molar-refractivity contribution in [2.75, 3.05) is 10.6 Å². The van der Waals surface area contributed by atoms with Gasteiger partial charge in [0.05, 0.1) is 40.3 Å². The van der Waals surface area contributed by atoms with Crippen LogP contribution in [0.2, 0.25) is 0 Å². The van der Waals surface area contributed by atoms with Crippen LogP contribution in [-0.2, 0) is 6.18 Å². The van der Waals surface area contributed by atoms with Crippen LogP contribution in [0, 0.1) is 11.3 Å². The highest BCUT2D eigenvalue weighted by molar-refractivity contribution is 6.05. The summed E-state index contributed by atoms with van der Waals surface area (Å²) in [6.07, 6.45) is -1.88. The quantitative estimate of drug-likeness (QED) is 0.668. The highest BCUT2D eigenvalue weighted by atomic mass is 19.4. The van der Waals surface area contributed by atoms with Gasteiger partial charge < -0.3 is 10.6 Å². The van der Waals surface area contributed by atoms with Crippen LogP contribution in [0.1, 0.15) is 21.5 Å². The van der Waals surface area contributed by atoms with Crippen LogP contribution in [0.4, 0.5) is 30.2 Å². The molecule has 3 rings (SSSR count). The molecule has 1 heterocycles. The summed E-state index contributed by atoms with van der Waals surface area (Å²) in [5.74, 6) is -0.723. The molecule has 2 aromatic carbocycles. The fourth-order valence-electron chi connectivity index (χ4n) is 2.50. The summed E-state index contributed by atoms with van der Waals surface area (Å²) in [6.45, 7) is 0. The number of benzene rings is 2. The van der Waals surface area contributed by atoms with Crippen molar-refractivity contribution in [1.82, 2.24) is 4.98 Å². The Labute approximate surface area is 158 Å². The van der Waals surface area contributed by atoms with Gasteiger partial charge in [-0.05, 0) is 36.4 Å². The zero-order valence-corrected chi connectivity index (χ0v) is 14.3. The van der Waals surface area contributed by atoms with E-state index < -0.39 is 17.6 Å². The number of nitrogens with one attached hydrogen (secondary N) is 2. The summed E-state index contributed by atoms with van der Waals surface area (Å²) in [6, 6.07) is 14.9. The molecule has 0 saturated carbocycles. The summed E-state index contributed by atoms with van der Waals surface area (Å²) in [5, 5.41) is 14.2. The Morgan fingerprint density at radius 1 is 1.00 bits per heavy atom. The standard InChI is InChI=1S/C20H13F3N4O/c21-20(22,23)17-6-1-2-7-18(17)27-19(28)14-9-16(12-25-11-14)26-15-5-3-4-13(8-15)10-24/h1-9,11-12,26H,(H,27,28). The molecular formula is C20H13F3N4O. The molecule has 0 radical (unpaired) electrons. The molecule has 0 bridgehead atoms. The number of aromatic nitrogens is 1. The molecule has 2 N–H and O–H groups in total. The Hall–Kier alpha value is -3.86. The lowest BCUT2D eigenvalue weighted by Crippen LogP contribution is -2.17. The summed E-state index contributed by atoms with van der Waals surface area (Å²) in [4.78, 5) is 16.4. The Kier molecular flexibility index (Phi) is 5.27. The SMILES string of the molecule is N#Cc1cccc(Nc2cncc(C(=O)Nc3ccccc3C(F)(F)F)c2)c1. The van der Waals surface area contributed by atoms with E-state index >= 15 is 0 Å². The summed E-state index contributed by atoms with van der Waals surface area (Å²) >= 11 is 0. The van der Waals surface area contributed by atoms with E-state index in [0.29, 0.717) is 16.9 Å². The molecule has 0 atom stereocenters. The second kappa shape index (κ2) is 7.80. The average Bonchev–Trinajstić information content (AvgIpc) is 2.68. The first-order chi connectivity index (χ1) is 13.4. The van der Waals surface area contributed by atoms with Gasteiger partial charge in [-0.2, -0.15) is 18.4 Å². The normalized spacial score (nSPS) is 10.8. The Morgan fingerprint density at radius 2 is 1.79 bits per heavy atom. The van der Waals surface area contributed by atoms with Crippen molar-refractivity contribution in [3.8, 4) is 6.07 Å². The number of carbonyl (C=O) groups is 1. The lowest BCUT2D eigenvalue weighted by atomic mass is 10.1. The maximum absolute atomic E-state index is 13.1. The Morgan fingerprint density at radius 3 is 2.54 bits per heavy atom. The number of hydrogen-bond donors (Lipinski definition) is 2. The van der Waals surface area contributed by atoms with E-state index in [9.17, 15) is 18.0 Å². The summed E-state index contributed by atoms with van der Waals surface area (Å²) < 4.78 is 39.2. The number of carbonyl (C=O) groups excluding carboxylic acids is 1. The monoisotopic (exact) mass is 382 g/mol. The zero-order valence-electron chi connectivity index (χ0n) is 14.3. The third-order valence-electron chi connectivity index (χ3n) is 3.76. The van der Waals surface area contributed by atoms with Gasteiger partial charge >= 0.3 is 6.18 Å². The van der Waals surface area contributed by atoms with Gasteiger partial charge in [-0.3, -0.25) is 9.78 Å². The second-order valence-electron chi connectivity index (χ2n) is 5.78. The predicted molar refractivity (Wildman–Crippen MR) is 98.1 cm³/mol. The minimum Gasteiger partial charge on any atom is -0.354 e. The van der Waals surface area contributed by atoms with Gasteiger partial charge in [-0.1, -0.05) is 18.2 Å². The number of para-hydroxylation sites is 1. The van der Waals surface area contributed by atoms with Gasteiger partial charge in [0.25, 0.3) is 5.91 Å². The number of rotatable bonds is 4. The molecule has 0 spiro atoms. The number of nitriles is 1. The molecule has 28 heavy (non-hydrogen) atoms. The van der Waals surface area contributed by atoms with Gasteiger partial charge in [0, 0.05) is 11.9 Å². The van der Waals surface area contributed by atoms with Crippen LogP contribution >= 0.6 is 0 Å². The van der Waals surface area contributed by atoms with Crippen molar-refractivity contribution < 1.29 is 18.0 Å². The van der Waals surface area contributed by atoms with Crippen LogP contribution in [-0.4, -0.2) is 10.9 Å². The van der Waals surface area contributed by atoms with Crippen molar-refractivity contribution in [1.29, 1.82) is 5.26 Å². The fraction of sp³-hybridized carbons (Fsp3) is 0.0500. The van der Waals surface area contributed by atoms with E-state index in [0.717, 1.165) is 6.07 Å². The van der Waals surface area contributed by atoms with Crippen LogP contribution in [0.5, 0.6) is 0 Å². The molecule has 0 aliphatic rings. The van der Waals surface area contributed by atoms with Gasteiger partial charge in [0.1, 0.15) is 0 Å². The van der Waals surface area contributed by atoms with E-state index in [1.54, 1.807) is 24.3 Å². The number of nitrogens with zero attached hydrogens (tertiary/aromatic N) is 2. The Balaban J connectivity index is 1.81. The molecule has 0 aliphatic carbocycles. The largest absolute Gasteiger partial charge is 0.418 e. The molecule has 0 saturated heterocycles. The summed E-state index contributed by atoms with van der Waals surface area (Å²) in [5.41, 5.74) is 0.334. The molecule has 8 heteroatoms. The van der Waals surface area contributed by atoms with Crippen molar-refractivity contribution in [3.05, 3.63) is 83.7 Å². The van der Waals surface area contributed by atoms with Crippen molar-refractivity contribution >= 4 is 23.0 Å². The minimum absolute atomic E-state index is 0.0819. The van der Waals surface area contributed by atoms with E-state index in [-0.39, 0.29) is 11.3 Å². The highest BCUT2D eigenvalue weighted by Gasteiger charge is 2.33. The molecule has 5 nitrogen and oxygen atoms in total. The highest BCUT2D eigenvalue weighted by Crippen LogP contribution is 2.34. The number of amides is 1. The second-order valence-corrected chi connectivity index (χ2v) is 5.78. The number of halogens is 3. The third kappa shape index (κ3) is 4.45. The van der Waals surface area contributed by atoms with Crippen LogP contribution in [0.3, 0.4) is 0 Å². The number of alkyl halides is 3. The minimum atomic E-state index is -4.59. The van der Waals surface area contributed by atoms with E-state index in [2.05, 4.69) is 15.6 Å². The van der Waals surface area contributed by atoms with E-state index in [1.165, 1.54) is 36.7 Å². The van der Waals surface area contributed by atoms with Crippen molar-refractivity contribution in [2.45, 2.75) is 6.18 Å². The average molecular weight is 382 g/mol. The van der Waals surface area contributed by atoms with Crippen LogP contribution in [0.25, 0.3) is 0 Å². The smallest absolute Gasteiger partial charge is 0.354 e. The van der Waals surface area contributed by atoms with Gasteiger partial charge in [-0.25, -0.2) is 0 Å². The van der Waals surface area contributed by atoms with Crippen molar-refractivity contribution in [2.24, 2.45) is 0 Å². The van der Waals surface area contributed by atoms with Crippen LogP contribution in [0.15, 0.2) is 67.0 Å². The molecule has 0 fully saturated rings. The first-order valence-corrected chi connectivity index (χ1v) is 8.06. The van der Waals surface area contributed by atoms with E-state index in [4.69, 9.17) is 5.26 Å². The maximum Gasteiger partial charge on any atom is 0.418 e. The predicted octanol–water partition coefficient (Wildman–Crippen LogP) is 4.97. The van der Waals surface area contributed by atoms with Crippen molar-refractivity contribution in [3.63, 3.8) is 0 Å². The number of anilines is 3. The molecule has 3 aromatic rings. The molecule has 1 aromatic heterocycles. The van der Waals surface area contributed by atoms with Crippen LogP contribution < -0.4 is 10.6 Å². The van der Waals surface area contributed by atoms with E-state index in [1.807, 2.05) is 6.07 Å². The maximum atomic E-state index is 13.1. The zero-order chi connectivity index (χ0) is 20.1. The third-order valence-corrected chi connectivity index (χ3v) is 3.76. The molecule has 0 unspecified atom stereocenters. The number of pyridine rings is 1. The summed E-state index contributed by atoms with van der Waals surface area (Å²) in [7, 11) is 0. The van der Waals surface area contributed by atoms with Gasteiger partial charge in [-0.15, -0.1) is 0 Å². The first kappa shape index (κ1) is 18.9. The first-order valence-electron chi connectivity index (χ1n) is 8.06. The molecule has 0 aliphatic heterocycles. The van der Waals surface area contributed by atoms with Gasteiger partial charge in [0.15, 0.2) is 0 Å².